The number of fused-ring (bicyclic) bond motifs is 1. The standard InChI is InChI=1S/C28H36N4/c1-30-18-20-31(21-19-30)16-9-17-32-28(24-12-6-3-7-13-24)26-15-8-14-25(27(26)29-32)22-23-10-4-2-5-11-23/h2-7,10-13,22,26,28H,8-9,14-21H2,1H3/b25-22-. The molecule has 0 N–H and O–H groups in total. The van der Waals surface area contributed by atoms with Crippen molar-refractivity contribution in [3.05, 3.63) is 77.4 Å². The maximum Gasteiger partial charge on any atom is 0.0804 e. The number of hydrogen-bond acceptors (Lipinski definition) is 4. The number of allylic oxidation sites excluding steroid dienone is 1. The molecule has 2 aromatic carbocycles. The highest BCUT2D eigenvalue weighted by molar-refractivity contribution is 6.07. The zero-order chi connectivity index (χ0) is 21.8. The molecule has 4 heteroatoms. The van der Waals surface area contributed by atoms with Gasteiger partial charge in [0.25, 0.3) is 0 Å². The molecule has 32 heavy (non-hydrogen) atoms. The molecule has 0 spiro atoms. The van der Waals surface area contributed by atoms with E-state index in [0.717, 1.165) is 13.0 Å². The molecule has 1 aliphatic carbocycles. The fraction of sp³-hybridized carbons (Fsp3) is 0.464. The maximum atomic E-state index is 5.30. The molecule has 1 saturated heterocycles. The highest BCUT2D eigenvalue weighted by atomic mass is 15.5. The first-order valence-electron chi connectivity index (χ1n) is 12.3. The summed E-state index contributed by atoms with van der Waals surface area (Å²) in [6, 6.07) is 22.2. The molecule has 2 heterocycles. The first-order valence-corrected chi connectivity index (χ1v) is 12.3. The van der Waals surface area contributed by atoms with Gasteiger partial charge in [0.1, 0.15) is 0 Å². The minimum absolute atomic E-state index is 0.373. The van der Waals surface area contributed by atoms with Crippen LogP contribution in [0, 0.1) is 5.92 Å². The molecule has 1 saturated carbocycles. The second-order valence-electron chi connectivity index (χ2n) is 9.58. The van der Waals surface area contributed by atoms with Crippen LogP contribution >= 0.6 is 0 Å². The monoisotopic (exact) mass is 428 g/mol. The quantitative estimate of drug-likeness (QED) is 0.652. The number of benzene rings is 2. The van der Waals surface area contributed by atoms with Gasteiger partial charge in [0, 0.05) is 38.6 Å². The van der Waals surface area contributed by atoms with E-state index in [2.05, 4.69) is 88.6 Å². The predicted molar refractivity (Wildman–Crippen MR) is 134 cm³/mol. The van der Waals surface area contributed by atoms with Crippen molar-refractivity contribution in [2.75, 3.05) is 46.3 Å². The first-order chi connectivity index (χ1) is 15.8. The Kier molecular flexibility index (Phi) is 6.70. The normalized spacial score (nSPS) is 25.7. The number of hydrogen-bond donors (Lipinski definition) is 0. The van der Waals surface area contributed by atoms with Gasteiger partial charge in [-0.15, -0.1) is 0 Å². The number of nitrogens with zero attached hydrogens (tertiary/aromatic N) is 4. The average molecular weight is 429 g/mol. The van der Waals surface area contributed by atoms with Crippen LogP contribution in [0.15, 0.2) is 71.3 Å². The summed E-state index contributed by atoms with van der Waals surface area (Å²) in [7, 11) is 2.23. The zero-order valence-corrected chi connectivity index (χ0v) is 19.4. The summed E-state index contributed by atoms with van der Waals surface area (Å²) >= 11 is 0. The van der Waals surface area contributed by atoms with Gasteiger partial charge in [0.2, 0.25) is 0 Å². The van der Waals surface area contributed by atoms with Gasteiger partial charge in [-0.1, -0.05) is 60.7 Å². The molecule has 0 bridgehead atoms. The van der Waals surface area contributed by atoms with Crippen LogP contribution in [0.3, 0.4) is 0 Å². The van der Waals surface area contributed by atoms with Crippen LogP contribution in [0.2, 0.25) is 0 Å². The van der Waals surface area contributed by atoms with Crippen LogP contribution in [-0.4, -0.2) is 66.8 Å². The average Bonchev–Trinajstić information content (AvgIpc) is 3.21. The van der Waals surface area contributed by atoms with E-state index in [0.29, 0.717) is 12.0 Å². The van der Waals surface area contributed by atoms with Crippen LogP contribution in [0.1, 0.15) is 42.9 Å². The Bertz CT molecular complexity index is 928. The summed E-state index contributed by atoms with van der Waals surface area (Å²) in [5, 5.41) is 7.72. The number of hydrazone groups is 1. The second-order valence-corrected chi connectivity index (χ2v) is 9.58. The molecule has 2 fully saturated rings. The Labute approximate surface area is 193 Å². The Morgan fingerprint density at radius 1 is 0.906 bits per heavy atom. The minimum Gasteiger partial charge on any atom is -0.304 e. The third kappa shape index (κ3) is 4.82. The summed E-state index contributed by atoms with van der Waals surface area (Å²) in [5.41, 5.74) is 5.48. The smallest absolute Gasteiger partial charge is 0.0804 e. The molecule has 0 radical (unpaired) electrons. The number of piperazine rings is 1. The highest BCUT2D eigenvalue weighted by Gasteiger charge is 2.40. The van der Waals surface area contributed by atoms with Gasteiger partial charge in [0.15, 0.2) is 0 Å². The summed E-state index contributed by atoms with van der Waals surface area (Å²) < 4.78 is 0. The highest BCUT2D eigenvalue weighted by Crippen LogP contribution is 2.44. The second kappa shape index (κ2) is 10.0. The lowest BCUT2D eigenvalue weighted by Crippen LogP contribution is -2.45. The minimum atomic E-state index is 0.373. The maximum absolute atomic E-state index is 5.30. The summed E-state index contributed by atoms with van der Waals surface area (Å²) in [4.78, 5) is 5.05. The molecule has 168 valence electrons. The molecule has 2 aliphatic heterocycles. The van der Waals surface area contributed by atoms with E-state index >= 15 is 0 Å². The van der Waals surface area contributed by atoms with Crippen LogP contribution in [0.4, 0.5) is 0 Å². The van der Waals surface area contributed by atoms with Gasteiger partial charge in [-0.05, 0) is 62.1 Å². The molecule has 2 aromatic rings. The molecule has 4 nitrogen and oxygen atoms in total. The molecule has 2 atom stereocenters. The topological polar surface area (TPSA) is 22.1 Å². The molecular formula is C28H36N4. The fourth-order valence-electron chi connectivity index (χ4n) is 5.54. The van der Waals surface area contributed by atoms with Gasteiger partial charge in [-0.3, -0.25) is 5.01 Å². The van der Waals surface area contributed by atoms with E-state index in [1.165, 1.54) is 74.4 Å². The van der Waals surface area contributed by atoms with Crippen LogP contribution < -0.4 is 0 Å². The molecule has 3 aliphatic rings. The van der Waals surface area contributed by atoms with Gasteiger partial charge in [-0.2, -0.15) is 5.10 Å². The van der Waals surface area contributed by atoms with Gasteiger partial charge in [0.05, 0.1) is 11.8 Å². The Balaban J connectivity index is 1.35. The summed E-state index contributed by atoms with van der Waals surface area (Å²) in [6.07, 6.45) is 7.18. The van der Waals surface area contributed by atoms with Gasteiger partial charge >= 0.3 is 0 Å². The lowest BCUT2D eigenvalue weighted by molar-refractivity contribution is 0.137. The first kappa shape index (κ1) is 21.4. The Morgan fingerprint density at radius 2 is 1.62 bits per heavy atom. The van der Waals surface area contributed by atoms with E-state index in [4.69, 9.17) is 5.10 Å². The van der Waals surface area contributed by atoms with Gasteiger partial charge < -0.3 is 9.80 Å². The lowest BCUT2D eigenvalue weighted by atomic mass is 9.77. The number of likely N-dealkylation sites (N-methyl/N-ethyl adjacent to an activating group) is 1. The SMILES string of the molecule is CN1CCN(CCCN2N=C3/C(=C\c4ccccc4)CCCC3C2c2ccccc2)CC1. The van der Waals surface area contributed by atoms with Crippen LogP contribution in [-0.2, 0) is 0 Å². The molecule has 0 aromatic heterocycles. The van der Waals surface area contributed by atoms with Crippen molar-refractivity contribution in [3.8, 4) is 0 Å². The van der Waals surface area contributed by atoms with Crippen molar-refractivity contribution in [1.29, 1.82) is 0 Å². The third-order valence-corrected chi connectivity index (χ3v) is 7.32. The van der Waals surface area contributed by atoms with Crippen molar-refractivity contribution >= 4 is 11.8 Å². The van der Waals surface area contributed by atoms with E-state index in [-0.39, 0.29) is 0 Å². The van der Waals surface area contributed by atoms with Crippen molar-refractivity contribution in [3.63, 3.8) is 0 Å². The van der Waals surface area contributed by atoms with Crippen LogP contribution in [0.5, 0.6) is 0 Å². The molecule has 0 amide bonds. The number of rotatable bonds is 6. The zero-order valence-electron chi connectivity index (χ0n) is 19.4. The molecule has 5 rings (SSSR count). The van der Waals surface area contributed by atoms with Gasteiger partial charge in [-0.25, -0.2) is 0 Å². The molecular weight excluding hydrogens is 392 g/mol. The lowest BCUT2D eigenvalue weighted by Gasteiger charge is -2.33. The van der Waals surface area contributed by atoms with E-state index in [1.54, 1.807) is 0 Å². The Morgan fingerprint density at radius 3 is 2.38 bits per heavy atom. The van der Waals surface area contributed by atoms with E-state index in [1.807, 2.05) is 0 Å². The molecule has 2 unspecified atom stereocenters. The fourth-order valence-corrected chi connectivity index (χ4v) is 5.54. The van der Waals surface area contributed by atoms with E-state index in [9.17, 15) is 0 Å². The van der Waals surface area contributed by atoms with E-state index < -0.39 is 0 Å². The third-order valence-electron chi connectivity index (χ3n) is 7.32. The Hall–Kier alpha value is -2.43. The van der Waals surface area contributed by atoms with Crippen molar-refractivity contribution in [2.45, 2.75) is 31.7 Å². The van der Waals surface area contributed by atoms with Crippen molar-refractivity contribution < 1.29 is 0 Å². The van der Waals surface area contributed by atoms with Crippen molar-refractivity contribution in [2.24, 2.45) is 11.0 Å². The summed E-state index contributed by atoms with van der Waals surface area (Å²) in [5.74, 6) is 0.504. The summed E-state index contributed by atoms with van der Waals surface area (Å²) in [6.45, 7) is 6.97. The largest absolute Gasteiger partial charge is 0.304 e. The predicted octanol–water partition coefficient (Wildman–Crippen LogP) is 4.92. The van der Waals surface area contributed by atoms with Crippen LogP contribution in [0.25, 0.3) is 6.08 Å². The van der Waals surface area contributed by atoms with Crippen molar-refractivity contribution in [1.82, 2.24) is 14.8 Å².